The number of carbonyl (C=O) groups is 1. The van der Waals surface area contributed by atoms with Crippen molar-refractivity contribution in [2.24, 2.45) is 0 Å². The number of nitrogens with zero attached hydrogens (tertiary/aromatic N) is 5. The van der Waals surface area contributed by atoms with Gasteiger partial charge in [-0.05, 0) is 37.9 Å². The Balaban J connectivity index is 1.61. The predicted octanol–water partition coefficient (Wildman–Crippen LogP) is 2.43. The van der Waals surface area contributed by atoms with Gasteiger partial charge in [0.2, 0.25) is 5.89 Å². The number of aryl methyl sites for hydroxylation is 1. The summed E-state index contributed by atoms with van der Waals surface area (Å²) < 4.78 is 18.1. The third kappa shape index (κ3) is 4.43. The van der Waals surface area contributed by atoms with Crippen LogP contribution >= 0.6 is 0 Å². The first-order valence-corrected chi connectivity index (χ1v) is 9.01. The lowest BCUT2D eigenvalue weighted by molar-refractivity contribution is 0.0750. The topological polar surface area (TPSA) is 75.4 Å². The number of halogens is 1. The normalized spacial score (nSPS) is 18.2. The molecule has 1 atom stereocenters. The summed E-state index contributed by atoms with van der Waals surface area (Å²) in [5.74, 6) is 0.688. The lowest BCUT2D eigenvalue weighted by Gasteiger charge is -2.28. The van der Waals surface area contributed by atoms with Gasteiger partial charge in [0.25, 0.3) is 5.91 Å². The standard InChI is InChI=1S/C18H24FN5O2/c1-3-23(12-17-21-13(2)26-22-17)15-5-4-9-24(10-8-15)18(25)16-7-6-14(19)11-20-16/h6-7,11,15H,3-5,8-10,12H2,1-2H3. The molecule has 0 N–H and O–H groups in total. The summed E-state index contributed by atoms with van der Waals surface area (Å²) in [6, 6.07) is 3.07. The number of likely N-dealkylation sites (tertiary alicyclic amines) is 1. The molecule has 3 heterocycles. The molecule has 0 saturated carbocycles. The molecule has 140 valence electrons. The summed E-state index contributed by atoms with van der Waals surface area (Å²) in [5, 5.41) is 3.98. The van der Waals surface area contributed by atoms with Crippen molar-refractivity contribution in [3.63, 3.8) is 0 Å². The number of hydrogen-bond acceptors (Lipinski definition) is 6. The van der Waals surface area contributed by atoms with Gasteiger partial charge in [-0.15, -0.1) is 0 Å². The Hall–Kier alpha value is -2.35. The zero-order valence-electron chi connectivity index (χ0n) is 15.2. The second kappa shape index (κ2) is 8.35. The third-order valence-electron chi connectivity index (χ3n) is 4.77. The van der Waals surface area contributed by atoms with E-state index < -0.39 is 5.82 Å². The molecule has 26 heavy (non-hydrogen) atoms. The van der Waals surface area contributed by atoms with Gasteiger partial charge >= 0.3 is 0 Å². The van der Waals surface area contributed by atoms with Crippen LogP contribution in [0.3, 0.4) is 0 Å². The highest BCUT2D eigenvalue weighted by Crippen LogP contribution is 2.19. The van der Waals surface area contributed by atoms with E-state index in [4.69, 9.17) is 4.52 Å². The van der Waals surface area contributed by atoms with Gasteiger partial charge in [-0.1, -0.05) is 12.1 Å². The summed E-state index contributed by atoms with van der Waals surface area (Å²) >= 11 is 0. The molecule has 1 unspecified atom stereocenters. The maximum absolute atomic E-state index is 13.0. The molecule has 3 rings (SSSR count). The predicted molar refractivity (Wildman–Crippen MR) is 92.9 cm³/mol. The van der Waals surface area contributed by atoms with Gasteiger partial charge in [0.1, 0.15) is 11.5 Å². The van der Waals surface area contributed by atoms with Crippen molar-refractivity contribution < 1.29 is 13.7 Å². The van der Waals surface area contributed by atoms with E-state index in [2.05, 4.69) is 26.9 Å². The van der Waals surface area contributed by atoms with Gasteiger partial charge in [0.15, 0.2) is 5.82 Å². The maximum Gasteiger partial charge on any atom is 0.272 e. The number of aromatic nitrogens is 3. The molecule has 2 aromatic rings. The van der Waals surface area contributed by atoms with Crippen molar-refractivity contribution in [2.45, 2.75) is 45.7 Å². The molecule has 0 spiro atoms. The Bertz CT molecular complexity index is 733. The highest BCUT2D eigenvalue weighted by Gasteiger charge is 2.26. The van der Waals surface area contributed by atoms with Crippen molar-refractivity contribution in [1.82, 2.24) is 24.9 Å². The summed E-state index contributed by atoms with van der Waals surface area (Å²) in [6.07, 6.45) is 3.88. The van der Waals surface area contributed by atoms with Gasteiger partial charge < -0.3 is 9.42 Å². The first-order valence-electron chi connectivity index (χ1n) is 9.01. The summed E-state index contributed by atoms with van der Waals surface area (Å²) in [5.41, 5.74) is 0.291. The molecule has 0 radical (unpaired) electrons. The van der Waals surface area contributed by atoms with Gasteiger partial charge in [0, 0.05) is 26.1 Å². The monoisotopic (exact) mass is 361 g/mol. The average Bonchev–Trinajstić information content (AvgIpc) is 2.91. The van der Waals surface area contributed by atoms with Gasteiger partial charge in [0.05, 0.1) is 12.7 Å². The van der Waals surface area contributed by atoms with Crippen LogP contribution in [-0.4, -0.2) is 56.5 Å². The van der Waals surface area contributed by atoms with Crippen LogP contribution < -0.4 is 0 Å². The zero-order valence-corrected chi connectivity index (χ0v) is 15.2. The van der Waals surface area contributed by atoms with E-state index >= 15 is 0 Å². The third-order valence-corrected chi connectivity index (χ3v) is 4.77. The van der Waals surface area contributed by atoms with E-state index in [9.17, 15) is 9.18 Å². The largest absolute Gasteiger partial charge is 0.340 e. The van der Waals surface area contributed by atoms with Crippen LogP contribution in [0.5, 0.6) is 0 Å². The second-order valence-corrected chi connectivity index (χ2v) is 6.53. The Kier molecular flexibility index (Phi) is 5.92. The van der Waals surface area contributed by atoms with E-state index in [0.29, 0.717) is 43.1 Å². The van der Waals surface area contributed by atoms with Gasteiger partial charge in [-0.2, -0.15) is 4.98 Å². The van der Waals surface area contributed by atoms with Crippen LogP contribution in [0.1, 0.15) is 48.4 Å². The van der Waals surface area contributed by atoms with Crippen LogP contribution in [0, 0.1) is 12.7 Å². The smallest absolute Gasteiger partial charge is 0.272 e. The van der Waals surface area contributed by atoms with E-state index in [1.807, 2.05) is 4.90 Å². The fraction of sp³-hybridized carbons (Fsp3) is 0.556. The summed E-state index contributed by atoms with van der Waals surface area (Å²) in [7, 11) is 0. The summed E-state index contributed by atoms with van der Waals surface area (Å²) in [4.78, 5) is 24.9. The maximum atomic E-state index is 13.0. The molecule has 0 bridgehead atoms. The number of rotatable bonds is 5. The Morgan fingerprint density at radius 1 is 1.38 bits per heavy atom. The first-order chi connectivity index (χ1) is 12.6. The van der Waals surface area contributed by atoms with Crippen LogP contribution in [0.25, 0.3) is 0 Å². The van der Waals surface area contributed by atoms with Gasteiger partial charge in [-0.25, -0.2) is 9.37 Å². The van der Waals surface area contributed by atoms with Crippen molar-refractivity contribution in [3.05, 3.63) is 41.6 Å². The van der Waals surface area contributed by atoms with Crippen molar-refractivity contribution >= 4 is 5.91 Å². The molecular formula is C18H24FN5O2. The summed E-state index contributed by atoms with van der Waals surface area (Å²) in [6.45, 7) is 6.77. The van der Waals surface area contributed by atoms with E-state index in [1.165, 1.54) is 12.1 Å². The Morgan fingerprint density at radius 3 is 2.88 bits per heavy atom. The molecule has 1 aliphatic rings. The van der Waals surface area contributed by atoms with Gasteiger partial charge in [-0.3, -0.25) is 9.69 Å². The minimum Gasteiger partial charge on any atom is -0.340 e. The molecule has 1 fully saturated rings. The molecule has 1 amide bonds. The molecule has 0 aliphatic carbocycles. The van der Waals surface area contributed by atoms with E-state index in [-0.39, 0.29) is 5.91 Å². The second-order valence-electron chi connectivity index (χ2n) is 6.53. The minimum absolute atomic E-state index is 0.137. The lowest BCUT2D eigenvalue weighted by Crippen LogP contribution is -2.37. The molecule has 8 heteroatoms. The SMILES string of the molecule is CCN(Cc1noc(C)n1)C1CCCN(C(=O)c2ccc(F)cn2)CC1. The zero-order chi connectivity index (χ0) is 18.5. The molecule has 2 aromatic heterocycles. The van der Waals surface area contributed by atoms with E-state index in [0.717, 1.165) is 32.0 Å². The van der Waals surface area contributed by atoms with E-state index in [1.54, 1.807) is 6.92 Å². The number of hydrogen-bond donors (Lipinski definition) is 0. The molecule has 0 aromatic carbocycles. The van der Waals surface area contributed by atoms with Crippen molar-refractivity contribution in [3.8, 4) is 0 Å². The van der Waals surface area contributed by atoms with Crippen LogP contribution in [-0.2, 0) is 6.54 Å². The number of carbonyl (C=O) groups excluding carboxylic acids is 1. The lowest BCUT2D eigenvalue weighted by atomic mass is 10.1. The van der Waals surface area contributed by atoms with Crippen molar-refractivity contribution in [2.75, 3.05) is 19.6 Å². The average molecular weight is 361 g/mol. The fourth-order valence-electron chi connectivity index (χ4n) is 3.40. The highest BCUT2D eigenvalue weighted by atomic mass is 19.1. The fourth-order valence-corrected chi connectivity index (χ4v) is 3.40. The molecular weight excluding hydrogens is 337 g/mol. The van der Waals surface area contributed by atoms with Crippen molar-refractivity contribution in [1.29, 1.82) is 0 Å². The quantitative estimate of drug-likeness (QED) is 0.814. The highest BCUT2D eigenvalue weighted by molar-refractivity contribution is 5.92. The Morgan fingerprint density at radius 2 is 2.23 bits per heavy atom. The minimum atomic E-state index is -0.437. The molecule has 1 aliphatic heterocycles. The molecule has 1 saturated heterocycles. The van der Waals surface area contributed by atoms with Crippen LogP contribution in [0.15, 0.2) is 22.9 Å². The van der Waals surface area contributed by atoms with Crippen LogP contribution in [0.2, 0.25) is 0 Å². The number of pyridine rings is 1. The van der Waals surface area contributed by atoms with Crippen LogP contribution in [0.4, 0.5) is 4.39 Å². The molecule has 7 nitrogen and oxygen atoms in total. The Labute approximate surface area is 152 Å². The first kappa shape index (κ1) is 18.4. The number of amides is 1.